The molecule has 0 unspecified atom stereocenters. The Hall–Kier alpha value is -2.15. The molecule has 0 aliphatic heterocycles. The third kappa shape index (κ3) is 1.88. The van der Waals surface area contributed by atoms with Gasteiger partial charge in [0.25, 0.3) is 0 Å². The van der Waals surface area contributed by atoms with E-state index in [2.05, 4.69) is 16.4 Å². The molecule has 0 fully saturated rings. The third-order valence-corrected chi connectivity index (χ3v) is 3.45. The van der Waals surface area contributed by atoms with Crippen molar-refractivity contribution in [3.63, 3.8) is 0 Å². The Kier molecular flexibility index (Phi) is 2.81. The van der Waals surface area contributed by atoms with Gasteiger partial charge in [0.05, 0.1) is 29.6 Å². The minimum absolute atomic E-state index is 0.645. The summed E-state index contributed by atoms with van der Waals surface area (Å²) in [4.78, 5) is 0. The van der Waals surface area contributed by atoms with Crippen LogP contribution >= 0.6 is 0 Å². The molecule has 1 aromatic heterocycles. The van der Waals surface area contributed by atoms with Crippen LogP contribution in [-0.4, -0.2) is 15.0 Å². The van der Waals surface area contributed by atoms with Crippen LogP contribution in [0.3, 0.4) is 0 Å². The highest BCUT2D eigenvalue weighted by molar-refractivity contribution is 5.37. The summed E-state index contributed by atoms with van der Waals surface area (Å²) in [5, 5.41) is 17.6. The Labute approximate surface area is 106 Å². The van der Waals surface area contributed by atoms with Crippen LogP contribution in [0, 0.1) is 11.3 Å². The smallest absolute Gasteiger partial charge is 0.0995 e. The predicted octanol–water partition coefficient (Wildman–Crippen LogP) is 2.08. The Balaban J connectivity index is 1.93. The number of nitrogens with zero attached hydrogens (tertiary/aromatic N) is 4. The summed E-state index contributed by atoms with van der Waals surface area (Å²) in [6.07, 6.45) is 4.51. The zero-order valence-electron chi connectivity index (χ0n) is 10.1. The van der Waals surface area contributed by atoms with Gasteiger partial charge >= 0.3 is 0 Å². The molecule has 90 valence electrons. The first-order chi connectivity index (χ1) is 8.88. The van der Waals surface area contributed by atoms with Crippen LogP contribution in [0.15, 0.2) is 24.3 Å². The van der Waals surface area contributed by atoms with E-state index in [0.717, 1.165) is 29.7 Å². The number of hydrogen-bond donors (Lipinski definition) is 0. The first kappa shape index (κ1) is 11.0. The summed E-state index contributed by atoms with van der Waals surface area (Å²) in [7, 11) is 0. The molecular weight excluding hydrogens is 224 g/mol. The maximum atomic E-state index is 9.09. The van der Waals surface area contributed by atoms with Gasteiger partial charge in [-0.1, -0.05) is 23.4 Å². The molecule has 0 bridgehead atoms. The Morgan fingerprint density at radius 2 is 2.06 bits per heavy atom. The highest BCUT2D eigenvalue weighted by Gasteiger charge is 2.17. The number of aromatic nitrogens is 3. The van der Waals surface area contributed by atoms with Crippen molar-refractivity contribution in [3.8, 4) is 6.07 Å². The van der Waals surface area contributed by atoms with Gasteiger partial charge in [-0.3, -0.25) is 0 Å². The highest BCUT2D eigenvalue weighted by atomic mass is 15.4. The lowest BCUT2D eigenvalue weighted by molar-refractivity contribution is 0.591. The van der Waals surface area contributed by atoms with Gasteiger partial charge < -0.3 is 0 Å². The van der Waals surface area contributed by atoms with Gasteiger partial charge in [0.1, 0.15) is 0 Å². The van der Waals surface area contributed by atoms with E-state index >= 15 is 0 Å². The molecule has 2 aromatic rings. The van der Waals surface area contributed by atoms with Gasteiger partial charge in [0, 0.05) is 0 Å². The monoisotopic (exact) mass is 238 g/mol. The number of fused-ring (bicyclic) bond motifs is 1. The summed E-state index contributed by atoms with van der Waals surface area (Å²) in [6, 6.07) is 9.90. The summed E-state index contributed by atoms with van der Waals surface area (Å²) < 4.78 is 1.95. The fourth-order valence-corrected chi connectivity index (χ4v) is 2.48. The van der Waals surface area contributed by atoms with Gasteiger partial charge in [-0.15, -0.1) is 5.10 Å². The number of nitriles is 1. The molecule has 1 heterocycles. The average molecular weight is 238 g/mol. The van der Waals surface area contributed by atoms with Crippen LogP contribution in [0.5, 0.6) is 0 Å². The van der Waals surface area contributed by atoms with E-state index in [4.69, 9.17) is 5.26 Å². The van der Waals surface area contributed by atoms with Gasteiger partial charge in [-0.2, -0.15) is 5.26 Å². The van der Waals surface area contributed by atoms with Crippen LogP contribution in [0.25, 0.3) is 0 Å². The maximum absolute atomic E-state index is 9.09. The zero-order valence-corrected chi connectivity index (χ0v) is 10.1. The SMILES string of the molecule is N#Cc1ccccc1Cn1nnc2c1CCCC2. The fourth-order valence-electron chi connectivity index (χ4n) is 2.48. The van der Waals surface area contributed by atoms with Crippen LogP contribution in [-0.2, 0) is 19.4 Å². The normalized spacial score (nSPS) is 13.9. The van der Waals surface area contributed by atoms with Crippen molar-refractivity contribution >= 4 is 0 Å². The van der Waals surface area contributed by atoms with Gasteiger partial charge in [0.15, 0.2) is 0 Å². The van der Waals surface area contributed by atoms with E-state index in [0.29, 0.717) is 6.54 Å². The first-order valence-electron chi connectivity index (χ1n) is 6.28. The van der Waals surface area contributed by atoms with Crippen molar-refractivity contribution in [1.29, 1.82) is 5.26 Å². The molecule has 18 heavy (non-hydrogen) atoms. The summed E-state index contributed by atoms with van der Waals surface area (Å²) in [5.41, 5.74) is 4.11. The molecule has 0 spiro atoms. The lowest BCUT2D eigenvalue weighted by atomic mass is 10.0. The Morgan fingerprint density at radius 1 is 1.22 bits per heavy atom. The highest BCUT2D eigenvalue weighted by Crippen LogP contribution is 2.20. The Morgan fingerprint density at radius 3 is 2.94 bits per heavy atom. The lowest BCUT2D eigenvalue weighted by Gasteiger charge is -2.12. The number of benzene rings is 1. The number of hydrogen-bond acceptors (Lipinski definition) is 3. The van der Waals surface area contributed by atoms with E-state index in [1.54, 1.807) is 0 Å². The standard InChI is InChI=1S/C14H14N4/c15-9-11-5-1-2-6-12(11)10-18-14-8-4-3-7-13(14)16-17-18/h1-2,5-6H,3-4,7-8,10H2. The molecule has 0 amide bonds. The zero-order chi connectivity index (χ0) is 12.4. The van der Waals surface area contributed by atoms with Crippen molar-refractivity contribution in [2.45, 2.75) is 32.2 Å². The minimum Gasteiger partial charge on any atom is -0.245 e. The van der Waals surface area contributed by atoms with Crippen LogP contribution in [0.4, 0.5) is 0 Å². The topological polar surface area (TPSA) is 54.5 Å². The molecule has 3 rings (SSSR count). The van der Waals surface area contributed by atoms with E-state index in [1.807, 2.05) is 28.9 Å². The second kappa shape index (κ2) is 4.61. The van der Waals surface area contributed by atoms with Crippen molar-refractivity contribution in [3.05, 3.63) is 46.8 Å². The molecule has 1 aromatic carbocycles. The minimum atomic E-state index is 0.645. The van der Waals surface area contributed by atoms with Crippen molar-refractivity contribution in [1.82, 2.24) is 15.0 Å². The van der Waals surface area contributed by atoms with Crippen LogP contribution < -0.4 is 0 Å². The summed E-state index contributed by atoms with van der Waals surface area (Å²) in [5.74, 6) is 0. The molecule has 4 nitrogen and oxygen atoms in total. The van der Waals surface area contributed by atoms with Crippen LogP contribution in [0.2, 0.25) is 0 Å². The van der Waals surface area contributed by atoms with E-state index in [9.17, 15) is 0 Å². The molecule has 1 aliphatic rings. The second-order valence-electron chi connectivity index (χ2n) is 4.62. The van der Waals surface area contributed by atoms with Crippen molar-refractivity contribution < 1.29 is 0 Å². The molecule has 0 N–H and O–H groups in total. The second-order valence-corrected chi connectivity index (χ2v) is 4.62. The van der Waals surface area contributed by atoms with Crippen LogP contribution in [0.1, 0.15) is 35.4 Å². The van der Waals surface area contributed by atoms with E-state index < -0.39 is 0 Å². The molecule has 0 saturated carbocycles. The van der Waals surface area contributed by atoms with Gasteiger partial charge in [-0.05, 0) is 37.3 Å². The fraction of sp³-hybridized carbons (Fsp3) is 0.357. The molecule has 0 saturated heterocycles. The average Bonchev–Trinajstić information content (AvgIpc) is 2.83. The lowest BCUT2D eigenvalue weighted by Crippen LogP contribution is -2.11. The van der Waals surface area contributed by atoms with E-state index in [1.165, 1.54) is 18.5 Å². The molecule has 0 atom stereocenters. The molecular formula is C14H14N4. The van der Waals surface area contributed by atoms with Gasteiger partial charge in [0.2, 0.25) is 0 Å². The molecule has 4 heteroatoms. The van der Waals surface area contributed by atoms with Crippen molar-refractivity contribution in [2.75, 3.05) is 0 Å². The first-order valence-corrected chi connectivity index (χ1v) is 6.28. The van der Waals surface area contributed by atoms with Gasteiger partial charge in [-0.25, -0.2) is 4.68 Å². The number of rotatable bonds is 2. The quantitative estimate of drug-likeness (QED) is 0.804. The molecule has 0 radical (unpaired) electrons. The maximum Gasteiger partial charge on any atom is 0.0995 e. The van der Waals surface area contributed by atoms with Crippen molar-refractivity contribution in [2.24, 2.45) is 0 Å². The molecule has 1 aliphatic carbocycles. The number of aryl methyl sites for hydroxylation is 1. The summed E-state index contributed by atoms with van der Waals surface area (Å²) in [6.45, 7) is 0.645. The predicted molar refractivity (Wildman–Crippen MR) is 66.9 cm³/mol. The largest absolute Gasteiger partial charge is 0.245 e. The van der Waals surface area contributed by atoms with E-state index in [-0.39, 0.29) is 0 Å². The Bertz CT molecular complexity index is 606. The third-order valence-electron chi connectivity index (χ3n) is 3.45. The summed E-state index contributed by atoms with van der Waals surface area (Å²) >= 11 is 0.